The van der Waals surface area contributed by atoms with Gasteiger partial charge in [0, 0.05) is 17.5 Å². The second-order valence-electron chi connectivity index (χ2n) is 6.92. The van der Waals surface area contributed by atoms with Gasteiger partial charge in [-0.1, -0.05) is 49.2 Å². The second-order valence-corrected chi connectivity index (χ2v) is 6.92. The van der Waals surface area contributed by atoms with Gasteiger partial charge in [0.05, 0.1) is 12.3 Å². The standard InChI is InChI=1S/C23H25N3/c1-6-7-11-21-15-25-23(19-9-8-10-20(14-19)24-5)26(21)22-17(3)12-16(2)13-18(22)4/h8-10,12-15H,6-7,11H2,1-4H3. The van der Waals surface area contributed by atoms with E-state index in [2.05, 4.69) is 49.2 Å². The van der Waals surface area contributed by atoms with Crippen LogP contribution < -0.4 is 0 Å². The fraction of sp³-hybridized carbons (Fsp3) is 0.304. The summed E-state index contributed by atoms with van der Waals surface area (Å²) in [5.74, 6) is 0.914. The minimum Gasteiger partial charge on any atom is -0.296 e. The highest BCUT2D eigenvalue weighted by Gasteiger charge is 2.17. The van der Waals surface area contributed by atoms with Crippen LogP contribution in [0.2, 0.25) is 0 Å². The molecule has 0 saturated carbocycles. The SMILES string of the molecule is [C-]#[N+]c1cccc(-c2ncc(CCCC)n2-c2c(C)cc(C)cc2C)c1. The molecule has 0 atom stereocenters. The third kappa shape index (κ3) is 3.41. The molecular weight excluding hydrogens is 318 g/mol. The van der Waals surface area contributed by atoms with Gasteiger partial charge in [-0.2, -0.15) is 0 Å². The number of hydrogen-bond acceptors (Lipinski definition) is 1. The highest BCUT2D eigenvalue weighted by atomic mass is 15.1. The predicted molar refractivity (Wildman–Crippen MR) is 108 cm³/mol. The molecule has 1 aromatic heterocycles. The molecule has 0 saturated heterocycles. The Morgan fingerprint density at radius 3 is 2.46 bits per heavy atom. The van der Waals surface area contributed by atoms with Crippen molar-refractivity contribution in [1.29, 1.82) is 0 Å². The van der Waals surface area contributed by atoms with Crippen molar-refractivity contribution in [3.8, 4) is 17.1 Å². The Hall–Kier alpha value is -2.86. The normalized spacial score (nSPS) is 10.7. The number of benzene rings is 2. The summed E-state index contributed by atoms with van der Waals surface area (Å²) in [7, 11) is 0. The summed E-state index contributed by atoms with van der Waals surface area (Å²) in [5, 5.41) is 0. The van der Waals surface area contributed by atoms with Crippen LogP contribution in [0.5, 0.6) is 0 Å². The Bertz CT molecular complexity index is 950. The first-order valence-corrected chi connectivity index (χ1v) is 9.18. The highest BCUT2D eigenvalue weighted by molar-refractivity contribution is 5.67. The zero-order valence-electron chi connectivity index (χ0n) is 16.0. The third-order valence-corrected chi connectivity index (χ3v) is 4.71. The first-order chi connectivity index (χ1) is 12.5. The van der Waals surface area contributed by atoms with Gasteiger partial charge in [-0.25, -0.2) is 9.83 Å². The fourth-order valence-corrected chi connectivity index (χ4v) is 3.61. The molecule has 0 spiro atoms. The smallest absolute Gasteiger partial charge is 0.187 e. The van der Waals surface area contributed by atoms with E-state index in [0.717, 1.165) is 30.7 Å². The maximum Gasteiger partial charge on any atom is 0.187 e. The molecule has 1 heterocycles. The molecule has 3 aromatic rings. The molecule has 3 rings (SSSR count). The van der Waals surface area contributed by atoms with Crippen LogP contribution in [-0.4, -0.2) is 9.55 Å². The summed E-state index contributed by atoms with van der Waals surface area (Å²) < 4.78 is 2.29. The third-order valence-electron chi connectivity index (χ3n) is 4.71. The average molecular weight is 343 g/mol. The van der Waals surface area contributed by atoms with Crippen molar-refractivity contribution < 1.29 is 0 Å². The summed E-state index contributed by atoms with van der Waals surface area (Å²) in [6.07, 6.45) is 5.28. The molecule has 0 aliphatic rings. The van der Waals surface area contributed by atoms with Gasteiger partial charge in [0.1, 0.15) is 5.82 Å². The van der Waals surface area contributed by atoms with Gasteiger partial charge in [-0.3, -0.25) is 4.57 Å². The van der Waals surface area contributed by atoms with Gasteiger partial charge in [-0.15, -0.1) is 0 Å². The maximum absolute atomic E-state index is 7.31. The van der Waals surface area contributed by atoms with Gasteiger partial charge in [0.2, 0.25) is 0 Å². The van der Waals surface area contributed by atoms with E-state index in [1.165, 1.54) is 28.1 Å². The summed E-state index contributed by atoms with van der Waals surface area (Å²) in [4.78, 5) is 8.33. The molecule has 0 aliphatic heterocycles. The van der Waals surface area contributed by atoms with Crippen molar-refractivity contribution in [2.24, 2.45) is 0 Å². The number of imidazole rings is 1. The predicted octanol–water partition coefficient (Wildman–Crippen LogP) is 6.36. The fourth-order valence-electron chi connectivity index (χ4n) is 3.61. The van der Waals surface area contributed by atoms with Crippen molar-refractivity contribution in [3.05, 3.63) is 76.4 Å². The van der Waals surface area contributed by atoms with E-state index in [-0.39, 0.29) is 0 Å². The lowest BCUT2D eigenvalue weighted by Crippen LogP contribution is -2.07. The van der Waals surface area contributed by atoms with Crippen molar-refractivity contribution in [2.75, 3.05) is 0 Å². The van der Waals surface area contributed by atoms with Crippen molar-refractivity contribution in [2.45, 2.75) is 47.0 Å². The van der Waals surface area contributed by atoms with Gasteiger partial charge in [0.15, 0.2) is 5.69 Å². The minimum absolute atomic E-state index is 0.643. The summed E-state index contributed by atoms with van der Waals surface area (Å²) >= 11 is 0. The first kappa shape index (κ1) is 17.9. The summed E-state index contributed by atoms with van der Waals surface area (Å²) in [5.41, 5.74) is 7.84. The minimum atomic E-state index is 0.643. The molecule has 26 heavy (non-hydrogen) atoms. The Kier molecular flexibility index (Phi) is 5.23. The Morgan fingerprint density at radius 2 is 1.81 bits per heavy atom. The molecule has 2 aromatic carbocycles. The van der Waals surface area contributed by atoms with Crippen LogP contribution in [0.15, 0.2) is 42.6 Å². The van der Waals surface area contributed by atoms with E-state index in [0.29, 0.717) is 5.69 Å². The van der Waals surface area contributed by atoms with E-state index >= 15 is 0 Å². The lowest BCUT2D eigenvalue weighted by atomic mass is 10.0. The molecule has 3 nitrogen and oxygen atoms in total. The zero-order valence-corrected chi connectivity index (χ0v) is 16.0. The van der Waals surface area contributed by atoms with Crippen molar-refractivity contribution >= 4 is 5.69 Å². The Morgan fingerprint density at radius 1 is 1.08 bits per heavy atom. The van der Waals surface area contributed by atoms with E-state index in [1.807, 2.05) is 30.5 Å². The number of rotatable bonds is 5. The lowest BCUT2D eigenvalue weighted by Gasteiger charge is -2.18. The van der Waals surface area contributed by atoms with Gasteiger partial charge in [-0.05, 0) is 50.8 Å². The van der Waals surface area contributed by atoms with Crippen LogP contribution in [0.4, 0.5) is 5.69 Å². The number of aromatic nitrogens is 2. The number of nitrogens with zero attached hydrogens (tertiary/aromatic N) is 3. The largest absolute Gasteiger partial charge is 0.296 e. The topological polar surface area (TPSA) is 22.2 Å². The molecule has 0 aliphatic carbocycles. The zero-order chi connectivity index (χ0) is 18.7. The number of unbranched alkanes of at least 4 members (excludes halogenated alkanes) is 1. The Balaban J connectivity index is 2.25. The molecular formula is C23H25N3. The molecule has 0 unspecified atom stereocenters. The van der Waals surface area contributed by atoms with Gasteiger partial charge in [0.25, 0.3) is 0 Å². The van der Waals surface area contributed by atoms with Crippen molar-refractivity contribution in [1.82, 2.24) is 9.55 Å². The molecule has 0 radical (unpaired) electrons. The van der Waals surface area contributed by atoms with Crippen LogP contribution in [0.25, 0.3) is 21.9 Å². The molecule has 0 bridgehead atoms. The quantitative estimate of drug-likeness (QED) is 0.494. The molecule has 3 heteroatoms. The van der Waals surface area contributed by atoms with Crippen LogP contribution in [-0.2, 0) is 6.42 Å². The Labute approximate surface area is 156 Å². The lowest BCUT2D eigenvalue weighted by molar-refractivity contribution is 0.759. The summed E-state index contributed by atoms with van der Waals surface area (Å²) in [6.45, 7) is 16.0. The summed E-state index contributed by atoms with van der Waals surface area (Å²) in [6, 6.07) is 12.2. The monoisotopic (exact) mass is 343 g/mol. The number of hydrogen-bond donors (Lipinski definition) is 0. The molecule has 132 valence electrons. The van der Waals surface area contributed by atoms with E-state index in [4.69, 9.17) is 11.6 Å². The van der Waals surface area contributed by atoms with Crippen LogP contribution in [0, 0.1) is 27.3 Å². The van der Waals surface area contributed by atoms with Crippen molar-refractivity contribution in [3.63, 3.8) is 0 Å². The van der Waals surface area contributed by atoms with Gasteiger partial charge >= 0.3 is 0 Å². The highest BCUT2D eigenvalue weighted by Crippen LogP contribution is 2.31. The van der Waals surface area contributed by atoms with E-state index in [1.54, 1.807) is 0 Å². The molecule has 0 amide bonds. The second kappa shape index (κ2) is 7.58. The average Bonchev–Trinajstić information content (AvgIpc) is 3.02. The van der Waals surface area contributed by atoms with Gasteiger partial charge < -0.3 is 0 Å². The maximum atomic E-state index is 7.31. The van der Waals surface area contributed by atoms with E-state index < -0.39 is 0 Å². The number of aryl methyl sites for hydroxylation is 4. The van der Waals surface area contributed by atoms with Crippen LogP contribution in [0.1, 0.15) is 42.1 Å². The first-order valence-electron chi connectivity index (χ1n) is 9.18. The van der Waals surface area contributed by atoms with Crippen LogP contribution >= 0.6 is 0 Å². The molecule has 0 N–H and O–H groups in total. The molecule has 0 fully saturated rings. The van der Waals surface area contributed by atoms with E-state index in [9.17, 15) is 0 Å². The van der Waals surface area contributed by atoms with Crippen LogP contribution in [0.3, 0.4) is 0 Å².